The van der Waals surface area contributed by atoms with Crippen LogP contribution in [0.5, 0.6) is 0 Å². The van der Waals surface area contributed by atoms with E-state index in [1.165, 1.54) is 37.7 Å². The third-order valence-corrected chi connectivity index (χ3v) is 23.7. The molecule has 0 saturated heterocycles. The topological polar surface area (TPSA) is 55.8 Å². The highest BCUT2D eigenvalue weighted by Crippen LogP contribution is 2.60. The maximum atomic E-state index is 12.9. The predicted octanol–water partition coefficient (Wildman–Crippen LogP) is 12.3. The summed E-state index contributed by atoms with van der Waals surface area (Å²) in [6, 6.07) is 0. The summed E-state index contributed by atoms with van der Waals surface area (Å²) < 4.78 is 14.2. The molecular weight excluding hydrogens is 649 g/mol. The second kappa shape index (κ2) is 15.4. The number of hydrogen-bond acceptors (Lipinski definition) is 4. The maximum Gasteiger partial charge on any atom is 0.192 e. The van der Waals surface area contributed by atoms with E-state index in [2.05, 4.69) is 107 Å². The Morgan fingerprint density at radius 3 is 2.18 bits per heavy atom. The van der Waals surface area contributed by atoms with Crippen LogP contribution in [0.2, 0.25) is 36.3 Å². The van der Waals surface area contributed by atoms with Gasteiger partial charge in [-0.15, -0.1) is 0 Å². The van der Waals surface area contributed by atoms with Gasteiger partial charge in [-0.1, -0.05) is 105 Å². The molecule has 4 saturated carbocycles. The number of unbranched alkanes of at least 4 members (excludes halogenated alkanes) is 1. The first-order chi connectivity index (χ1) is 23.0. The van der Waals surface area contributed by atoms with E-state index in [4.69, 9.17) is 15.4 Å². The van der Waals surface area contributed by atoms with Gasteiger partial charge in [0.1, 0.15) is 5.78 Å². The molecule has 0 aromatic carbocycles. The standard InChI is InChI=1S/C44H76O4Si2/c1-15-16-19-39(45)44(27-28-44)40(46)25-20-31(2)36-23-24-37-33(18-17-26-43(36,37)10)21-22-34-29-35(47-49(11,12)41(4,5)6)30-38(32(34)3)48-50(13,14)42(7,8)9/h20-22,25,31,35-38,40,46H,3,15-19,23-24,26-30H2,1-2,4-14H3/b25-20+,33-21+,34-22-/t31-,35-,36-,37+,38+,40+,43-/m1/s1. The molecule has 50 heavy (non-hydrogen) atoms. The molecule has 0 amide bonds. The minimum atomic E-state index is -2.01. The summed E-state index contributed by atoms with van der Waals surface area (Å²) in [5, 5.41) is 11.4. The summed E-state index contributed by atoms with van der Waals surface area (Å²) in [4.78, 5) is 12.9. The average molecular weight is 725 g/mol. The lowest BCUT2D eigenvalue weighted by Crippen LogP contribution is -2.49. The van der Waals surface area contributed by atoms with E-state index in [0.29, 0.717) is 24.2 Å². The van der Waals surface area contributed by atoms with Gasteiger partial charge in [0, 0.05) is 12.8 Å². The van der Waals surface area contributed by atoms with Crippen LogP contribution in [0.3, 0.4) is 0 Å². The van der Waals surface area contributed by atoms with Gasteiger partial charge in [-0.05, 0) is 128 Å². The van der Waals surface area contributed by atoms with Crippen LogP contribution in [-0.2, 0) is 13.6 Å². The minimum absolute atomic E-state index is 0.00348. The summed E-state index contributed by atoms with van der Waals surface area (Å²) in [5.74, 6) is 1.80. The van der Waals surface area contributed by atoms with Gasteiger partial charge in [-0.25, -0.2) is 0 Å². The monoisotopic (exact) mass is 725 g/mol. The highest BCUT2D eigenvalue weighted by molar-refractivity contribution is 6.74. The third kappa shape index (κ3) is 8.83. The first-order valence-electron chi connectivity index (χ1n) is 20.3. The van der Waals surface area contributed by atoms with Crippen LogP contribution >= 0.6 is 0 Å². The number of ketones is 1. The Labute approximate surface area is 310 Å². The van der Waals surface area contributed by atoms with Gasteiger partial charge in [-0.3, -0.25) is 4.79 Å². The molecule has 4 rings (SSSR count). The molecule has 0 aromatic rings. The van der Waals surface area contributed by atoms with Crippen molar-refractivity contribution in [2.24, 2.45) is 28.6 Å². The Hall–Kier alpha value is -1.06. The van der Waals surface area contributed by atoms with E-state index in [1.807, 2.05) is 6.08 Å². The van der Waals surface area contributed by atoms with Gasteiger partial charge in [0.05, 0.1) is 23.7 Å². The van der Waals surface area contributed by atoms with Gasteiger partial charge >= 0.3 is 0 Å². The Bertz CT molecular complexity index is 1320. The van der Waals surface area contributed by atoms with Crippen molar-refractivity contribution in [1.29, 1.82) is 0 Å². The van der Waals surface area contributed by atoms with Crippen LogP contribution in [0.4, 0.5) is 0 Å². The number of rotatable bonds is 13. The number of carbonyl (C=O) groups is 1. The van der Waals surface area contributed by atoms with Gasteiger partial charge < -0.3 is 14.0 Å². The first-order valence-corrected chi connectivity index (χ1v) is 26.1. The largest absolute Gasteiger partial charge is 0.413 e. The fourth-order valence-electron chi connectivity index (χ4n) is 8.97. The molecule has 4 aliphatic carbocycles. The minimum Gasteiger partial charge on any atom is -0.413 e. The van der Waals surface area contributed by atoms with Crippen LogP contribution in [0.25, 0.3) is 0 Å². The molecule has 4 aliphatic rings. The van der Waals surface area contributed by atoms with Crippen LogP contribution in [0, 0.1) is 28.6 Å². The summed E-state index contributed by atoms with van der Waals surface area (Å²) in [5.41, 5.74) is 3.81. The van der Waals surface area contributed by atoms with Gasteiger partial charge in [0.2, 0.25) is 0 Å². The zero-order chi connectivity index (χ0) is 37.5. The second-order valence-electron chi connectivity index (χ2n) is 20.2. The first kappa shape index (κ1) is 41.7. The van der Waals surface area contributed by atoms with Crippen LogP contribution in [0.1, 0.15) is 139 Å². The molecule has 1 N–H and O–H groups in total. The fourth-order valence-corrected chi connectivity index (χ4v) is 11.6. The quantitative estimate of drug-likeness (QED) is 0.152. The number of hydrogen-bond donors (Lipinski definition) is 1. The molecule has 0 aromatic heterocycles. The Kier molecular flexibility index (Phi) is 12.8. The Morgan fingerprint density at radius 1 is 0.980 bits per heavy atom. The maximum absolute atomic E-state index is 12.9. The lowest BCUT2D eigenvalue weighted by Gasteiger charge is -2.45. The smallest absolute Gasteiger partial charge is 0.192 e. The number of fused-ring (bicyclic) bond motifs is 1. The van der Waals surface area contributed by atoms with E-state index in [0.717, 1.165) is 44.1 Å². The third-order valence-electron chi connectivity index (χ3n) is 14.7. The van der Waals surface area contributed by atoms with Crippen molar-refractivity contribution in [1.82, 2.24) is 0 Å². The summed E-state index contributed by atoms with van der Waals surface area (Å²) in [7, 11) is -3.97. The molecule has 0 unspecified atom stereocenters. The van der Waals surface area contributed by atoms with Gasteiger partial charge in [-0.2, -0.15) is 0 Å². The number of aliphatic hydroxyl groups is 1. The summed E-state index contributed by atoms with van der Waals surface area (Å²) in [6.07, 6.45) is 20.7. The second-order valence-corrected chi connectivity index (χ2v) is 29.7. The Morgan fingerprint density at radius 2 is 1.60 bits per heavy atom. The molecule has 284 valence electrons. The average Bonchev–Trinajstić information content (AvgIpc) is 3.74. The molecule has 0 radical (unpaired) electrons. The van der Waals surface area contributed by atoms with Crippen molar-refractivity contribution in [2.75, 3.05) is 0 Å². The molecular formula is C44H76O4Si2. The number of allylic oxidation sites excluding steroid dienone is 4. The number of aliphatic hydroxyl groups excluding tert-OH is 1. The van der Waals surface area contributed by atoms with Crippen LogP contribution in [-0.4, -0.2) is 45.8 Å². The summed E-state index contributed by atoms with van der Waals surface area (Å²) in [6.45, 7) is 35.1. The van der Waals surface area contributed by atoms with Crippen molar-refractivity contribution >= 4 is 22.4 Å². The van der Waals surface area contributed by atoms with Crippen molar-refractivity contribution in [2.45, 2.75) is 194 Å². The molecule has 7 atom stereocenters. The van der Waals surface area contributed by atoms with Crippen molar-refractivity contribution in [3.63, 3.8) is 0 Å². The number of Topliss-reactive ketones (excluding diaryl/α,β-unsaturated/α-hetero) is 1. The van der Waals surface area contributed by atoms with Crippen LogP contribution in [0.15, 0.2) is 47.6 Å². The fraction of sp³-hybridized carbons (Fsp3) is 0.795. The highest BCUT2D eigenvalue weighted by atomic mass is 28.4. The summed E-state index contributed by atoms with van der Waals surface area (Å²) >= 11 is 0. The highest BCUT2D eigenvalue weighted by Gasteiger charge is 2.54. The Balaban J connectivity index is 1.54. The zero-order valence-electron chi connectivity index (χ0n) is 34.6. The lowest BCUT2D eigenvalue weighted by molar-refractivity contribution is -0.127. The molecule has 0 bridgehead atoms. The number of carbonyl (C=O) groups excluding carboxylic acids is 1. The molecule has 4 fully saturated rings. The van der Waals surface area contributed by atoms with E-state index < -0.39 is 28.2 Å². The van der Waals surface area contributed by atoms with E-state index in [9.17, 15) is 9.90 Å². The van der Waals surface area contributed by atoms with E-state index >= 15 is 0 Å². The van der Waals surface area contributed by atoms with Crippen molar-refractivity contribution < 1.29 is 18.8 Å². The molecule has 6 heteroatoms. The molecule has 0 heterocycles. The zero-order valence-corrected chi connectivity index (χ0v) is 36.6. The van der Waals surface area contributed by atoms with Gasteiger partial charge in [0.15, 0.2) is 16.6 Å². The van der Waals surface area contributed by atoms with Crippen molar-refractivity contribution in [3.05, 3.63) is 47.6 Å². The van der Waals surface area contributed by atoms with E-state index in [-0.39, 0.29) is 33.5 Å². The molecule has 4 nitrogen and oxygen atoms in total. The molecule has 0 aliphatic heterocycles. The van der Waals surface area contributed by atoms with Crippen molar-refractivity contribution in [3.8, 4) is 0 Å². The van der Waals surface area contributed by atoms with E-state index in [1.54, 1.807) is 5.57 Å². The SMILES string of the molecule is C=C1/C(=C\C=C2/CCC[C@]3(C)[C@@H]([C@H](C)/C=C/[C@H](O)C4(C(=O)CCCC)CC4)CC[C@@H]23)C[C@@H](O[Si](C)(C)C(C)(C)C)C[C@@H]1O[Si](C)(C)C(C)(C)C. The predicted molar refractivity (Wildman–Crippen MR) is 217 cm³/mol. The lowest BCUT2D eigenvalue weighted by atomic mass is 9.61. The van der Waals surface area contributed by atoms with Crippen LogP contribution < -0.4 is 0 Å². The molecule has 0 spiro atoms. The van der Waals surface area contributed by atoms with Gasteiger partial charge in [0.25, 0.3) is 0 Å². The normalized spacial score (nSPS) is 32.1.